The molecule has 1 rings (SSSR count). The van der Waals surface area contributed by atoms with Crippen molar-refractivity contribution in [2.24, 2.45) is 0 Å². The number of halogens is 2. The quantitative estimate of drug-likeness (QED) is 0.844. The highest BCUT2D eigenvalue weighted by atomic mass is 79.9. The van der Waals surface area contributed by atoms with Crippen molar-refractivity contribution in [3.63, 3.8) is 0 Å². The zero-order chi connectivity index (χ0) is 11.6. The smallest absolute Gasteiger partial charge is 0.261 e. The van der Waals surface area contributed by atoms with Crippen LogP contribution < -0.4 is 0 Å². The molecule has 0 amide bonds. The molecule has 0 unspecified atom stereocenters. The molecule has 0 aliphatic rings. The van der Waals surface area contributed by atoms with E-state index in [9.17, 15) is 8.42 Å². The molecule has 0 heterocycles. The Morgan fingerprint density at radius 3 is 2.53 bits per heavy atom. The van der Waals surface area contributed by atoms with Gasteiger partial charge in [0.25, 0.3) is 9.05 Å². The Kier molecular flexibility index (Phi) is 3.73. The van der Waals surface area contributed by atoms with Gasteiger partial charge in [-0.25, -0.2) is 8.42 Å². The molecule has 0 fully saturated rings. The van der Waals surface area contributed by atoms with Crippen LogP contribution in [0.3, 0.4) is 0 Å². The van der Waals surface area contributed by atoms with Gasteiger partial charge in [0.05, 0.1) is 23.1 Å². The van der Waals surface area contributed by atoms with E-state index in [1.54, 1.807) is 6.07 Å². The summed E-state index contributed by atoms with van der Waals surface area (Å²) in [6, 6.07) is 4.16. The number of nitriles is 1. The van der Waals surface area contributed by atoms with Crippen molar-refractivity contribution in [1.29, 1.82) is 5.26 Å². The standard InChI is InChI=1S/C8H5BrClNO3S/c9-8-2-6(15(10,13)14)1-5(3-11)7(8)4-12/h1-2,12H,4H2. The molecule has 0 radical (unpaired) electrons. The fraction of sp³-hybridized carbons (Fsp3) is 0.125. The van der Waals surface area contributed by atoms with Crippen molar-refractivity contribution in [2.45, 2.75) is 11.5 Å². The molecule has 15 heavy (non-hydrogen) atoms. The van der Waals surface area contributed by atoms with E-state index < -0.39 is 9.05 Å². The molecule has 7 heteroatoms. The first-order valence-corrected chi connectivity index (χ1v) is 6.78. The predicted molar refractivity (Wildman–Crippen MR) is 57.8 cm³/mol. The maximum atomic E-state index is 11.0. The van der Waals surface area contributed by atoms with Crippen molar-refractivity contribution in [3.05, 3.63) is 27.7 Å². The molecule has 0 saturated carbocycles. The lowest BCUT2D eigenvalue weighted by Gasteiger charge is -2.05. The van der Waals surface area contributed by atoms with Crippen molar-refractivity contribution >= 4 is 35.7 Å². The summed E-state index contributed by atoms with van der Waals surface area (Å²) >= 11 is 3.06. The van der Waals surface area contributed by atoms with E-state index in [0.29, 0.717) is 10.0 Å². The zero-order valence-electron chi connectivity index (χ0n) is 7.24. The second-order valence-corrected chi connectivity index (χ2v) is 6.06. The minimum absolute atomic E-state index is 0.0751. The minimum atomic E-state index is -3.87. The average Bonchev–Trinajstić information content (AvgIpc) is 2.15. The summed E-state index contributed by atoms with van der Waals surface area (Å²) in [5.41, 5.74) is 0.410. The molecule has 4 nitrogen and oxygen atoms in total. The Balaban J connectivity index is 3.55. The summed E-state index contributed by atoms with van der Waals surface area (Å²) in [7, 11) is 1.26. The van der Waals surface area contributed by atoms with Gasteiger partial charge in [-0.15, -0.1) is 0 Å². The van der Waals surface area contributed by atoms with Gasteiger partial charge in [0.2, 0.25) is 0 Å². The van der Waals surface area contributed by atoms with Gasteiger partial charge in [-0.1, -0.05) is 15.9 Å². The first-order chi connectivity index (χ1) is 6.90. The topological polar surface area (TPSA) is 78.2 Å². The molecular weight excluding hydrogens is 306 g/mol. The third kappa shape index (κ3) is 2.69. The van der Waals surface area contributed by atoms with Crippen LogP contribution >= 0.6 is 26.6 Å². The third-order valence-corrected chi connectivity index (χ3v) is 3.77. The lowest BCUT2D eigenvalue weighted by Crippen LogP contribution is -1.97. The number of hydrogen-bond acceptors (Lipinski definition) is 4. The van der Waals surface area contributed by atoms with Crippen molar-refractivity contribution < 1.29 is 13.5 Å². The van der Waals surface area contributed by atoms with Crippen LogP contribution in [0.15, 0.2) is 21.5 Å². The number of benzene rings is 1. The van der Waals surface area contributed by atoms with Gasteiger partial charge < -0.3 is 5.11 Å². The molecule has 1 aromatic rings. The molecule has 80 valence electrons. The molecule has 0 aromatic heterocycles. The first kappa shape index (κ1) is 12.5. The van der Waals surface area contributed by atoms with E-state index in [4.69, 9.17) is 21.1 Å². The fourth-order valence-corrected chi connectivity index (χ4v) is 2.53. The van der Waals surface area contributed by atoms with E-state index >= 15 is 0 Å². The van der Waals surface area contributed by atoms with Gasteiger partial charge in [-0.3, -0.25) is 0 Å². The number of nitrogens with zero attached hydrogens (tertiary/aromatic N) is 1. The van der Waals surface area contributed by atoms with E-state index in [0.717, 1.165) is 6.07 Å². The van der Waals surface area contributed by atoms with Crippen molar-refractivity contribution in [3.8, 4) is 6.07 Å². The molecule has 0 spiro atoms. The van der Waals surface area contributed by atoms with Crippen LogP contribution in [0.25, 0.3) is 0 Å². The Morgan fingerprint density at radius 1 is 1.53 bits per heavy atom. The molecule has 0 saturated heterocycles. The van der Waals surface area contributed by atoms with Gasteiger partial charge in [0, 0.05) is 20.7 Å². The number of rotatable bonds is 2. The summed E-state index contributed by atoms with van der Waals surface area (Å²) in [6.07, 6.45) is 0. The minimum Gasteiger partial charge on any atom is -0.392 e. The van der Waals surface area contributed by atoms with E-state index in [-0.39, 0.29) is 17.1 Å². The van der Waals surface area contributed by atoms with Crippen molar-refractivity contribution in [2.75, 3.05) is 0 Å². The highest BCUT2D eigenvalue weighted by Crippen LogP contribution is 2.26. The van der Waals surface area contributed by atoms with Crippen LogP contribution in [-0.2, 0) is 15.7 Å². The lowest BCUT2D eigenvalue weighted by atomic mass is 10.1. The fourth-order valence-electron chi connectivity index (χ4n) is 1.01. The maximum Gasteiger partial charge on any atom is 0.261 e. The van der Waals surface area contributed by atoms with Gasteiger partial charge in [0.15, 0.2) is 0 Å². The van der Waals surface area contributed by atoms with Gasteiger partial charge in [-0.2, -0.15) is 5.26 Å². The summed E-state index contributed by atoms with van der Waals surface area (Å²) in [6.45, 7) is -0.355. The molecule has 1 N–H and O–H groups in total. The first-order valence-electron chi connectivity index (χ1n) is 3.68. The molecule has 1 aromatic carbocycles. The van der Waals surface area contributed by atoms with E-state index in [1.165, 1.54) is 6.07 Å². The lowest BCUT2D eigenvalue weighted by molar-refractivity contribution is 0.280. The Morgan fingerprint density at radius 2 is 2.13 bits per heavy atom. The molecule has 0 aliphatic carbocycles. The summed E-state index contributed by atoms with van der Waals surface area (Å²) in [5, 5.41) is 17.7. The van der Waals surface area contributed by atoms with Crippen LogP contribution in [0, 0.1) is 11.3 Å². The average molecular weight is 311 g/mol. The van der Waals surface area contributed by atoms with Crippen LogP contribution in [0.4, 0.5) is 0 Å². The SMILES string of the molecule is N#Cc1cc(S(=O)(=O)Cl)cc(Br)c1CO. The molecule has 0 bridgehead atoms. The largest absolute Gasteiger partial charge is 0.392 e. The van der Waals surface area contributed by atoms with Crippen LogP contribution in [0.5, 0.6) is 0 Å². The predicted octanol–water partition coefficient (Wildman–Crippen LogP) is 1.74. The Hall–Kier alpha value is -0.610. The highest BCUT2D eigenvalue weighted by molar-refractivity contribution is 9.10. The van der Waals surface area contributed by atoms with Gasteiger partial charge in [-0.05, 0) is 12.1 Å². The maximum absolute atomic E-state index is 11.0. The summed E-state index contributed by atoms with van der Waals surface area (Å²) in [5.74, 6) is 0. The molecule has 0 aliphatic heterocycles. The van der Waals surface area contributed by atoms with Crippen LogP contribution in [0.1, 0.15) is 11.1 Å². The Labute approximate surface area is 99.6 Å². The van der Waals surface area contributed by atoms with Crippen LogP contribution in [-0.4, -0.2) is 13.5 Å². The Bertz CT molecular complexity index is 536. The second-order valence-electron chi connectivity index (χ2n) is 2.64. The third-order valence-electron chi connectivity index (χ3n) is 1.73. The monoisotopic (exact) mass is 309 g/mol. The highest BCUT2D eigenvalue weighted by Gasteiger charge is 2.15. The van der Waals surface area contributed by atoms with E-state index in [1.807, 2.05) is 0 Å². The van der Waals surface area contributed by atoms with Crippen LogP contribution in [0.2, 0.25) is 0 Å². The second kappa shape index (κ2) is 4.49. The summed E-state index contributed by atoms with van der Waals surface area (Å²) in [4.78, 5) is -0.176. The molecule has 0 atom stereocenters. The van der Waals surface area contributed by atoms with Gasteiger partial charge in [0.1, 0.15) is 0 Å². The normalized spacial score (nSPS) is 11.1. The zero-order valence-corrected chi connectivity index (χ0v) is 10.4. The number of aliphatic hydroxyl groups is 1. The number of aliphatic hydroxyl groups excluding tert-OH is 1. The summed E-state index contributed by atoms with van der Waals surface area (Å²) < 4.78 is 22.4. The van der Waals surface area contributed by atoms with E-state index in [2.05, 4.69) is 15.9 Å². The van der Waals surface area contributed by atoms with Crippen molar-refractivity contribution in [1.82, 2.24) is 0 Å². The molecular formula is C8H5BrClNO3S. The number of hydrogen-bond donors (Lipinski definition) is 1. The van der Waals surface area contributed by atoms with Gasteiger partial charge >= 0.3 is 0 Å².